The molecule has 3 atom stereocenters. The van der Waals surface area contributed by atoms with Gasteiger partial charge in [-0.1, -0.05) is 91.0 Å². The first-order chi connectivity index (χ1) is 14.1. The fraction of sp³-hybridized carbons (Fsp3) is 0.250. The van der Waals surface area contributed by atoms with Crippen LogP contribution in [0.2, 0.25) is 0 Å². The van der Waals surface area contributed by atoms with E-state index in [1.165, 1.54) is 0 Å². The van der Waals surface area contributed by atoms with Gasteiger partial charge in [0.05, 0.1) is 13.2 Å². The Morgan fingerprint density at radius 2 is 1.00 bits per heavy atom. The minimum Gasteiger partial charge on any atom is -0.394 e. The average molecular weight is 394 g/mol. The standard InChI is InChI=1S/C24H26O5/c25-16-21(26)23(28)22(27)17-29-24(18-10-4-1-5-11-18,19-12-6-2-7-13-19)20-14-8-3-9-15-20/h1-15,21-23,25-28H,16-17H2/t21-,22-,23+/m0/s1. The summed E-state index contributed by atoms with van der Waals surface area (Å²) in [6, 6.07) is 29.0. The van der Waals surface area contributed by atoms with Crippen molar-refractivity contribution >= 4 is 0 Å². The van der Waals surface area contributed by atoms with Gasteiger partial charge < -0.3 is 25.2 Å². The van der Waals surface area contributed by atoms with E-state index in [0.717, 1.165) is 16.7 Å². The molecule has 29 heavy (non-hydrogen) atoms. The van der Waals surface area contributed by atoms with Crippen LogP contribution < -0.4 is 0 Å². The zero-order chi connectivity index (χ0) is 20.7. The van der Waals surface area contributed by atoms with E-state index in [0.29, 0.717) is 0 Å². The van der Waals surface area contributed by atoms with E-state index in [9.17, 15) is 15.3 Å². The minimum atomic E-state index is -1.53. The summed E-state index contributed by atoms with van der Waals surface area (Å²) < 4.78 is 6.36. The van der Waals surface area contributed by atoms with Gasteiger partial charge in [0.1, 0.15) is 23.9 Å². The van der Waals surface area contributed by atoms with Gasteiger partial charge in [-0.25, -0.2) is 0 Å². The quantitative estimate of drug-likeness (QED) is 0.417. The molecule has 3 aromatic carbocycles. The summed E-state index contributed by atoms with van der Waals surface area (Å²) in [7, 11) is 0. The maximum atomic E-state index is 10.4. The van der Waals surface area contributed by atoms with Crippen molar-refractivity contribution < 1.29 is 25.2 Å². The second kappa shape index (κ2) is 9.78. The number of ether oxygens (including phenoxy) is 1. The van der Waals surface area contributed by atoms with Gasteiger partial charge in [-0.05, 0) is 16.7 Å². The van der Waals surface area contributed by atoms with Crippen LogP contribution in [0.1, 0.15) is 16.7 Å². The van der Waals surface area contributed by atoms with Crippen LogP contribution in [0.25, 0.3) is 0 Å². The Kier molecular flexibility index (Phi) is 7.14. The average Bonchev–Trinajstić information content (AvgIpc) is 2.80. The molecule has 0 fully saturated rings. The molecule has 0 unspecified atom stereocenters. The second-order valence-electron chi connectivity index (χ2n) is 6.90. The molecular formula is C24H26O5. The third kappa shape index (κ3) is 4.56. The first-order valence-corrected chi connectivity index (χ1v) is 9.55. The van der Waals surface area contributed by atoms with Crippen molar-refractivity contribution in [1.82, 2.24) is 0 Å². The van der Waals surface area contributed by atoms with E-state index in [1.807, 2.05) is 91.0 Å². The van der Waals surface area contributed by atoms with Gasteiger partial charge in [0.25, 0.3) is 0 Å². The van der Waals surface area contributed by atoms with Gasteiger partial charge in [0.2, 0.25) is 0 Å². The third-order valence-corrected chi connectivity index (χ3v) is 4.99. The number of benzene rings is 3. The van der Waals surface area contributed by atoms with Crippen LogP contribution in [0.15, 0.2) is 91.0 Å². The molecule has 0 saturated heterocycles. The number of aliphatic hydroxyl groups excluding tert-OH is 4. The lowest BCUT2D eigenvalue weighted by molar-refractivity contribution is -0.118. The van der Waals surface area contributed by atoms with Gasteiger partial charge in [-0.2, -0.15) is 0 Å². The molecule has 152 valence electrons. The van der Waals surface area contributed by atoms with Gasteiger partial charge in [0.15, 0.2) is 0 Å². The molecule has 0 radical (unpaired) electrons. The molecule has 0 saturated carbocycles. The van der Waals surface area contributed by atoms with E-state index in [2.05, 4.69) is 0 Å². The lowest BCUT2D eigenvalue weighted by Crippen LogP contribution is -2.44. The Hall–Kier alpha value is -2.54. The molecular weight excluding hydrogens is 368 g/mol. The third-order valence-electron chi connectivity index (χ3n) is 4.99. The minimum absolute atomic E-state index is 0.253. The highest BCUT2D eigenvalue weighted by molar-refractivity contribution is 5.47. The van der Waals surface area contributed by atoms with Crippen molar-refractivity contribution in [2.24, 2.45) is 0 Å². The van der Waals surface area contributed by atoms with Gasteiger partial charge in [-0.3, -0.25) is 0 Å². The molecule has 0 aromatic heterocycles. The van der Waals surface area contributed by atoms with E-state index in [-0.39, 0.29) is 6.61 Å². The summed E-state index contributed by atoms with van der Waals surface area (Å²) in [5, 5.41) is 39.1. The molecule has 0 aliphatic rings. The topological polar surface area (TPSA) is 90.2 Å². The van der Waals surface area contributed by atoms with E-state index < -0.39 is 30.5 Å². The summed E-state index contributed by atoms with van der Waals surface area (Å²) in [6.07, 6.45) is -4.36. The monoisotopic (exact) mass is 394 g/mol. The number of hydrogen-bond donors (Lipinski definition) is 4. The van der Waals surface area contributed by atoms with E-state index in [1.54, 1.807) is 0 Å². The molecule has 0 aliphatic carbocycles. The van der Waals surface area contributed by atoms with Crippen molar-refractivity contribution in [3.05, 3.63) is 108 Å². The fourth-order valence-electron chi connectivity index (χ4n) is 3.44. The molecule has 4 N–H and O–H groups in total. The van der Waals surface area contributed by atoms with Gasteiger partial charge in [0, 0.05) is 0 Å². The first-order valence-electron chi connectivity index (χ1n) is 9.55. The van der Waals surface area contributed by atoms with Crippen molar-refractivity contribution in [2.45, 2.75) is 23.9 Å². The Morgan fingerprint density at radius 3 is 1.34 bits per heavy atom. The summed E-state index contributed by atoms with van der Waals surface area (Å²) in [5.41, 5.74) is 1.56. The molecule has 0 aliphatic heterocycles. The molecule has 0 heterocycles. The fourth-order valence-corrected chi connectivity index (χ4v) is 3.44. The first kappa shape index (κ1) is 21.2. The Labute approximate surface area is 170 Å². The lowest BCUT2D eigenvalue weighted by Gasteiger charge is -2.37. The highest BCUT2D eigenvalue weighted by atomic mass is 16.5. The molecule has 3 aromatic rings. The summed E-state index contributed by atoms with van der Waals surface area (Å²) in [6.45, 7) is -0.906. The lowest BCUT2D eigenvalue weighted by atomic mass is 9.80. The SMILES string of the molecule is OC[C@H](O)[C@@H](O)[C@@H](O)COC(c1ccccc1)(c1ccccc1)c1ccccc1. The predicted octanol–water partition coefficient (Wildman–Crippen LogP) is 2.07. The Balaban J connectivity index is 2.08. The highest BCUT2D eigenvalue weighted by Crippen LogP contribution is 2.40. The van der Waals surface area contributed by atoms with Crippen LogP contribution in [0.5, 0.6) is 0 Å². The predicted molar refractivity (Wildman–Crippen MR) is 110 cm³/mol. The van der Waals surface area contributed by atoms with E-state index >= 15 is 0 Å². The normalized spacial score (nSPS) is 14.9. The smallest absolute Gasteiger partial charge is 0.143 e. The highest BCUT2D eigenvalue weighted by Gasteiger charge is 2.39. The second-order valence-corrected chi connectivity index (χ2v) is 6.90. The van der Waals surface area contributed by atoms with Crippen molar-refractivity contribution in [1.29, 1.82) is 0 Å². The largest absolute Gasteiger partial charge is 0.394 e. The van der Waals surface area contributed by atoms with Crippen molar-refractivity contribution in [3.63, 3.8) is 0 Å². The maximum Gasteiger partial charge on any atom is 0.143 e. The molecule has 0 amide bonds. The summed E-state index contributed by atoms with van der Waals surface area (Å²) >= 11 is 0. The van der Waals surface area contributed by atoms with Crippen LogP contribution >= 0.6 is 0 Å². The van der Waals surface area contributed by atoms with E-state index in [4.69, 9.17) is 9.84 Å². The van der Waals surface area contributed by atoms with Crippen molar-refractivity contribution in [2.75, 3.05) is 13.2 Å². The van der Waals surface area contributed by atoms with Crippen LogP contribution in [-0.4, -0.2) is 52.0 Å². The molecule has 0 spiro atoms. The Bertz CT molecular complexity index is 758. The van der Waals surface area contributed by atoms with Gasteiger partial charge >= 0.3 is 0 Å². The molecule has 3 rings (SSSR count). The molecule has 5 nitrogen and oxygen atoms in total. The molecule has 5 heteroatoms. The molecule has 0 bridgehead atoms. The number of aliphatic hydroxyl groups is 4. The van der Waals surface area contributed by atoms with Crippen molar-refractivity contribution in [3.8, 4) is 0 Å². The number of rotatable bonds is 9. The van der Waals surface area contributed by atoms with Crippen LogP contribution in [-0.2, 0) is 10.3 Å². The Morgan fingerprint density at radius 1 is 0.621 bits per heavy atom. The number of hydrogen-bond acceptors (Lipinski definition) is 5. The van der Waals surface area contributed by atoms with Crippen LogP contribution in [0.3, 0.4) is 0 Å². The summed E-state index contributed by atoms with van der Waals surface area (Å²) in [4.78, 5) is 0. The maximum absolute atomic E-state index is 10.4. The zero-order valence-electron chi connectivity index (χ0n) is 16.0. The van der Waals surface area contributed by atoms with Crippen LogP contribution in [0, 0.1) is 0 Å². The van der Waals surface area contributed by atoms with Gasteiger partial charge in [-0.15, -0.1) is 0 Å². The van der Waals surface area contributed by atoms with Crippen LogP contribution in [0.4, 0.5) is 0 Å². The zero-order valence-corrected chi connectivity index (χ0v) is 16.0. The summed E-state index contributed by atoms with van der Waals surface area (Å²) in [5.74, 6) is 0.